The van der Waals surface area contributed by atoms with Crippen molar-refractivity contribution in [2.45, 2.75) is 11.3 Å². The van der Waals surface area contributed by atoms with Crippen LogP contribution in [0.1, 0.15) is 12.0 Å². The average Bonchev–Trinajstić information content (AvgIpc) is 2.39. The molecule has 0 aliphatic rings. The highest BCUT2D eigenvalue weighted by molar-refractivity contribution is 7.89. The molecule has 6 nitrogen and oxygen atoms in total. The van der Waals surface area contributed by atoms with Crippen molar-refractivity contribution >= 4 is 20.8 Å². The third-order valence-corrected chi connectivity index (χ3v) is 4.38. The molecule has 1 aromatic heterocycles. The molecule has 1 unspecified atom stereocenters. The average molecular weight is 316 g/mol. The number of nitrogens with one attached hydrogen (secondary N) is 1. The fourth-order valence-electron chi connectivity index (χ4n) is 1.26. The van der Waals surface area contributed by atoms with Gasteiger partial charge in [0.15, 0.2) is 0 Å². The van der Waals surface area contributed by atoms with Crippen LogP contribution in [-0.2, 0) is 20.8 Å². The first-order chi connectivity index (χ1) is 9.45. The minimum absolute atomic E-state index is 0.00943. The smallest absolute Gasteiger partial charge is 0.242 e. The lowest BCUT2D eigenvalue weighted by Crippen LogP contribution is -2.27. The zero-order chi connectivity index (χ0) is 15.0. The summed E-state index contributed by atoms with van der Waals surface area (Å²) in [5.41, 5.74) is 0.459. The molecule has 0 aromatic carbocycles. The molecule has 0 radical (unpaired) electrons. The molecule has 0 amide bonds. The van der Waals surface area contributed by atoms with E-state index in [1.165, 1.54) is 24.7 Å². The fourth-order valence-corrected chi connectivity index (χ4v) is 2.80. The van der Waals surface area contributed by atoms with Crippen molar-refractivity contribution in [3.8, 4) is 11.8 Å². The molecule has 1 aromatic rings. The van der Waals surface area contributed by atoms with Crippen molar-refractivity contribution in [1.29, 1.82) is 0 Å². The van der Waals surface area contributed by atoms with Gasteiger partial charge >= 0.3 is 0 Å². The predicted octanol–water partition coefficient (Wildman–Crippen LogP) is -0.528. The second-order valence-electron chi connectivity index (χ2n) is 3.86. The molecule has 1 rings (SSSR count). The molecule has 0 bridgehead atoms. The van der Waals surface area contributed by atoms with Gasteiger partial charge in [0.2, 0.25) is 10.0 Å². The number of nitrogens with zero attached hydrogens (tertiary/aromatic N) is 1. The van der Waals surface area contributed by atoms with Crippen LogP contribution >= 0.6 is 0 Å². The number of rotatable bonds is 6. The number of sulfonamides is 1. The van der Waals surface area contributed by atoms with Crippen LogP contribution in [0.2, 0.25) is 0 Å². The zero-order valence-electron chi connectivity index (χ0n) is 11.0. The maximum absolute atomic E-state index is 12.0. The molecular formula is C12H16N2O4S2. The number of hydrogen-bond donors (Lipinski definition) is 2. The van der Waals surface area contributed by atoms with Gasteiger partial charge in [0, 0.05) is 53.7 Å². The molecule has 20 heavy (non-hydrogen) atoms. The lowest BCUT2D eigenvalue weighted by Gasteiger charge is -2.05. The summed E-state index contributed by atoms with van der Waals surface area (Å²) in [6, 6.07) is 1.41. The second-order valence-corrected chi connectivity index (χ2v) is 7.18. The first kappa shape index (κ1) is 16.8. The van der Waals surface area contributed by atoms with E-state index in [-0.39, 0.29) is 23.8 Å². The summed E-state index contributed by atoms with van der Waals surface area (Å²) in [4.78, 5) is 3.84. The topological polar surface area (TPSA) is 96.4 Å². The van der Waals surface area contributed by atoms with Crippen LogP contribution in [-0.4, -0.2) is 47.9 Å². The molecular weight excluding hydrogens is 300 g/mol. The van der Waals surface area contributed by atoms with Gasteiger partial charge in [-0.25, -0.2) is 13.1 Å². The van der Waals surface area contributed by atoms with Gasteiger partial charge in [0.25, 0.3) is 0 Å². The summed E-state index contributed by atoms with van der Waals surface area (Å²) >= 11 is 0. The molecule has 0 aliphatic heterocycles. The minimum atomic E-state index is -3.67. The van der Waals surface area contributed by atoms with E-state index in [1.807, 2.05) is 0 Å². The first-order valence-corrected chi connectivity index (χ1v) is 9.01. The molecule has 1 heterocycles. The Hall–Kier alpha value is -1.27. The van der Waals surface area contributed by atoms with E-state index in [0.29, 0.717) is 12.0 Å². The highest BCUT2D eigenvalue weighted by Crippen LogP contribution is 2.08. The maximum Gasteiger partial charge on any atom is 0.242 e. The van der Waals surface area contributed by atoms with E-state index in [4.69, 9.17) is 5.11 Å². The van der Waals surface area contributed by atoms with E-state index >= 15 is 0 Å². The maximum atomic E-state index is 12.0. The Labute approximate surface area is 121 Å². The zero-order valence-corrected chi connectivity index (χ0v) is 12.6. The molecule has 8 heteroatoms. The van der Waals surface area contributed by atoms with Crippen LogP contribution in [0.3, 0.4) is 0 Å². The molecule has 0 spiro atoms. The van der Waals surface area contributed by atoms with Gasteiger partial charge in [0.1, 0.15) is 4.90 Å². The summed E-state index contributed by atoms with van der Waals surface area (Å²) in [6.45, 7) is 0.0555. The third kappa shape index (κ3) is 5.79. The Kier molecular flexibility index (Phi) is 6.81. The van der Waals surface area contributed by atoms with Crippen molar-refractivity contribution in [1.82, 2.24) is 9.71 Å². The van der Waals surface area contributed by atoms with Crippen molar-refractivity contribution < 1.29 is 17.7 Å². The van der Waals surface area contributed by atoms with E-state index in [9.17, 15) is 12.6 Å². The van der Waals surface area contributed by atoms with Crippen LogP contribution < -0.4 is 4.72 Å². The van der Waals surface area contributed by atoms with E-state index in [1.54, 1.807) is 0 Å². The van der Waals surface area contributed by atoms with E-state index in [2.05, 4.69) is 21.5 Å². The highest BCUT2D eigenvalue weighted by atomic mass is 32.2. The monoisotopic (exact) mass is 316 g/mol. The van der Waals surface area contributed by atoms with Gasteiger partial charge < -0.3 is 5.11 Å². The summed E-state index contributed by atoms with van der Waals surface area (Å²) in [7, 11) is -4.73. The van der Waals surface area contributed by atoms with Crippen molar-refractivity contribution in [2.75, 3.05) is 25.2 Å². The quantitative estimate of drug-likeness (QED) is 0.688. The molecule has 0 saturated carbocycles. The van der Waals surface area contributed by atoms with Crippen LogP contribution in [0.4, 0.5) is 0 Å². The van der Waals surface area contributed by atoms with Gasteiger partial charge in [-0.1, -0.05) is 11.8 Å². The minimum Gasteiger partial charge on any atom is -0.395 e. The molecule has 110 valence electrons. The van der Waals surface area contributed by atoms with Crippen molar-refractivity contribution in [3.63, 3.8) is 0 Å². The van der Waals surface area contributed by atoms with Gasteiger partial charge in [0.05, 0.1) is 6.61 Å². The fraction of sp³-hybridized carbons (Fsp3) is 0.417. The lowest BCUT2D eigenvalue weighted by molar-refractivity contribution is 0.305. The Bertz CT molecular complexity index is 632. The highest BCUT2D eigenvalue weighted by Gasteiger charge is 2.14. The molecule has 0 saturated heterocycles. The third-order valence-electron chi connectivity index (χ3n) is 2.17. The summed E-state index contributed by atoms with van der Waals surface area (Å²) in [6.07, 6.45) is 4.50. The number of hydrogen-bond acceptors (Lipinski definition) is 5. The largest absolute Gasteiger partial charge is 0.395 e. The summed E-state index contributed by atoms with van der Waals surface area (Å²) in [5, 5.41) is 8.62. The molecule has 2 N–H and O–H groups in total. The number of aliphatic hydroxyl groups is 1. The number of aliphatic hydroxyl groups excluding tert-OH is 1. The SMILES string of the molecule is CS(=O)CCNS(=O)(=O)c1cncc(C#CCCO)c1. The molecule has 1 atom stereocenters. The lowest BCUT2D eigenvalue weighted by atomic mass is 10.3. The number of pyridine rings is 1. The number of aromatic nitrogens is 1. The van der Waals surface area contributed by atoms with Crippen LogP contribution in [0, 0.1) is 11.8 Å². The van der Waals surface area contributed by atoms with Gasteiger partial charge in [-0.05, 0) is 6.07 Å². The van der Waals surface area contributed by atoms with E-state index < -0.39 is 20.8 Å². The Morgan fingerprint density at radius 3 is 2.85 bits per heavy atom. The molecule has 0 aliphatic carbocycles. The normalized spacial score (nSPS) is 12.5. The summed E-state index contributed by atoms with van der Waals surface area (Å²) in [5.74, 6) is 5.66. The van der Waals surface area contributed by atoms with Crippen molar-refractivity contribution in [2.24, 2.45) is 0 Å². The molecule has 0 fully saturated rings. The second kappa shape index (κ2) is 8.11. The van der Waals surface area contributed by atoms with Gasteiger partial charge in [-0.15, -0.1) is 0 Å². The Morgan fingerprint density at radius 2 is 2.20 bits per heavy atom. The first-order valence-electron chi connectivity index (χ1n) is 5.80. The van der Waals surface area contributed by atoms with Gasteiger partial charge in [-0.3, -0.25) is 9.19 Å². The predicted molar refractivity (Wildman–Crippen MR) is 76.9 cm³/mol. The van der Waals surface area contributed by atoms with Gasteiger partial charge in [-0.2, -0.15) is 0 Å². The van der Waals surface area contributed by atoms with Crippen LogP contribution in [0.15, 0.2) is 23.4 Å². The standard InChI is InChI=1S/C12H16N2O4S2/c1-19(16)7-5-14-20(17,18)12-8-11(9-13-10-12)4-2-3-6-15/h8-10,14-15H,3,5-7H2,1H3. The van der Waals surface area contributed by atoms with Crippen molar-refractivity contribution in [3.05, 3.63) is 24.0 Å². The van der Waals surface area contributed by atoms with Crippen LogP contribution in [0.5, 0.6) is 0 Å². The summed E-state index contributed by atoms with van der Waals surface area (Å²) < 4.78 is 37.2. The van der Waals surface area contributed by atoms with Crippen LogP contribution in [0.25, 0.3) is 0 Å². The Balaban J connectivity index is 2.83. The Morgan fingerprint density at radius 1 is 1.45 bits per heavy atom. The van der Waals surface area contributed by atoms with E-state index in [0.717, 1.165) is 0 Å².